The van der Waals surface area contributed by atoms with Crippen molar-refractivity contribution < 1.29 is 19.0 Å². The van der Waals surface area contributed by atoms with Crippen LogP contribution in [0.1, 0.15) is 16.1 Å². The SMILES string of the molecule is O=C(Nc1nc(-c2ccc3c(c2)OCO3)cs1)c1ccc(OCc2cscn2)cc1. The Morgan fingerprint density at radius 3 is 2.80 bits per heavy atom. The minimum Gasteiger partial charge on any atom is -0.487 e. The maximum absolute atomic E-state index is 12.5. The van der Waals surface area contributed by atoms with Gasteiger partial charge in [0.15, 0.2) is 16.6 Å². The van der Waals surface area contributed by atoms with Gasteiger partial charge in [-0.1, -0.05) is 0 Å². The monoisotopic (exact) mass is 437 g/mol. The highest BCUT2D eigenvalue weighted by molar-refractivity contribution is 7.14. The third-order valence-corrected chi connectivity index (χ3v) is 5.77. The second kappa shape index (κ2) is 8.13. The van der Waals surface area contributed by atoms with Crippen molar-refractivity contribution in [3.05, 3.63) is 70.0 Å². The Labute approximate surface area is 179 Å². The molecule has 5 rings (SSSR count). The van der Waals surface area contributed by atoms with Crippen molar-refractivity contribution in [1.82, 2.24) is 9.97 Å². The van der Waals surface area contributed by atoms with Gasteiger partial charge in [0.05, 0.1) is 16.9 Å². The van der Waals surface area contributed by atoms with Crippen LogP contribution in [0.5, 0.6) is 17.2 Å². The third-order valence-electron chi connectivity index (χ3n) is 4.38. The summed E-state index contributed by atoms with van der Waals surface area (Å²) in [6, 6.07) is 12.6. The number of fused-ring (bicyclic) bond motifs is 1. The molecule has 0 radical (unpaired) electrons. The minimum absolute atomic E-state index is 0.228. The van der Waals surface area contributed by atoms with Crippen LogP contribution in [0.15, 0.2) is 58.7 Å². The van der Waals surface area contributed by atoms with Crippen LogP contribution in [0.3, 0.4) is 0 Å². The second-order valence-electron chi connectivity index (χ2n) is 6.35. The zero-order chi connectivity index (χ0) is 20.3. The molecule has 0 spiro atoms. The molecule has 0 saturated heterocycles. The number of hydrogen-bond acceptors (Lipinski definition) is 8. The van der Waals surface area contributed by atoms with Crippen LogP contribution in [0, 0.1) is 0 Å². The van der Waals surface area contributed by atoms with Crippen molar-refractivity contribution in [2.24, 2.45) is 0 Å². The van der Waals surface area contributed by atoms with E-state index in [0.717, 1.165) is 22.7 Å². The Morgan fingerprint density at radius 2 is 1.97 bits per heavy atom. The van der Waals surface area contributed by atoms with Crippen LogP contribution in [-0.2, 0) is 6.61 Å². The topological polar surface area (TPSA) is 82.6 Å². The van der Waals surface area contributed by atoms with Crippen molar-refractivity contribution in [3.63, 3.8) is 0 Å². The minimum atomic E-state index is -0.229. The highest BCUT2D eigenvalue weighted by Gasteiger charge is 2.16. The lowest BCUT2D eigenvalue weighted by Crippen LogP contribution is -2.11. The number of ether oxygens (including phenoxy) is 3. The molecule has 2 aromatic heterocycles. The van der Waals surface area contributed by atoms with E-state index in [1.54, 1.807) is 29.8 Å². The molecule has 0 unspecified atom stereocenters. The van der Waals surface area contributed by atoms with Crippen LogP contribution < -0.4 is 19.5 Å². The highest BCUT2D eigenvalue weighted by atomic mass is 32.1. The maximum Gasteiger partial charge on any atom is 0.257 e. The van der Waals surface area contributed by atoms with Gasteiger partial charge in [-0.15, -0.1) is 22.7 Å². The fraction of sp³-hybridized carbons (Fsp3) is 0.0952. The molecule has 1 aliphatic heterocycles. The molecule has 7 nitrogen and oxygen atoms in total. The predicted molar refractivity (Wildman–Crippen MR) is 115 cm³/mol. The van der Waals surface area contributed by atoms with Crippen LogP contribution in [0.25, 0.3) is 11.3 Å². The molecule has 150 valence electrons. The first kappa shape index (κ1) is 18.6. The number of rotatable bonds is 6. The Bertz CT molecular complexity index is 1170. The summed E-state index contributed by atoms with van der Waals surface area (Å²) in [5.74, 6) is 1.87. The summed E-state index contributed by atoms with van der Waals surface area (Å²) < 4.78 is 16.4. The van der Waals surface area contributed by atoms with Gasteiger partial charge in [0, 0.05) is 21.9 Å². The van der Waals surface area contributed by atoms with Gasteiger partial charge in [-0.25, -0.2) is 9.97 Å². The molecule has 9 heteroatoms. The van der Waals surface area contributed by atoms with Gasteiger partial charge in [0.2, 0.25) is 6.79 Å². The van der Waals surface area contributed by atoms with Gasteiger partial charge < -0.3 is 14.2 Å². The van der Waals surface area contributed by atoms with Crippen molar-refractivity contribution in [3.8, 4) is 28.5 Å². The normalized spacial score (nSPS) is 12.0. The molecule has 4 aromatic rings. The average Bonchev–Trinajstić information content (AvgIpc) is 3.53. The van der Waals surface area contributed by atoms with E-state index in [2.05, 4.69) is 15.3 Å². The van der Waals surface area contributed by atoms with Gasteiger partial charge in [0.25, 0.3) is 5.91 Å². The standard InChI is InChI=1S/C21H15N3O4S2/c25-20(13-1-4-16(5-2-13)26-8-15-9-29-11-22-15)24-21-23-17(10-30-21)14-3-6-18-19(7-14)28-12-27-18/h1-7,9-11H,8,12H2,(H,23,24,25). The van der Waals surface area contributed by atoms with E-state index in [9.17, 15) is 4.79 Å². The number of aromatic nitrogens is 2. The molecule has 1 aliphatic rings. The van der Waals surface area contributed by atoms with Crippen molar-refractivity contribution >= 4 is 33.7 Å². The smallest absolute Gasteiger partial charge is 0.257 e. The number of thiazole rings is 2. The molecule has 0 saturated carbocycles. The lowest BCUT2D eigenvalue weighted by molar-refractivity contribution is 0.102. The van der Waals surface area contributed by atoms with E-state index in [1.807, 2.05) is 29.0 Å². The Kier molecular flexibility index (Phi) is 5.04. The number of amides is 1. The Hall–Kier alpha value is -3.43. The molecule has 1 amide bonds. The summed E-state index contributed by atoms with van der Waals surface area (Å²) >= 11 is 2.89. The Morgan fingerprint density at radius 1 is 1.10 bits per heavy atom. The van der Waals surface area contributed by atoms with Gasteiger partial charge in [-0.2, -0.15) is 0 Å². The van der Waals surface area contributed by atoms with Crippen molar-refractivity contribution in [2.75, 3.05) is 12.1 Å². The number of nitrogens with one attached hydrogen (secondary N) is 1. The number of hydrogen-bond donors (Lipinski definition) is 1. The zero-order valence-corrected chi connectivity index (χ0v) is 17.2. The van der Waals surface area contributed by atoms with Gasteiger partial charge in [0.1, 0.15) is 12.4 Å². The van der Waals surface area contributed by atoms with Crippen LogP contribution in [-0.4, -0.2) is 22.7 Å². The first-order valence-electron chi connectivity index (χ1n) is 9.01. The summed E-state index contributed by atoms with van der Waals surface area (Å²) in [6.45, 7) is 0.628. The van der Waals surface area contributed by atoms with Gasteiger partial charge >= 0.3 is 0 Å². The fourth-order valence-electron chi connectivity index (χ4n) is 2.86. The molecule has 0 atom stereocenters. The predicted octanol–water partition coefficient (Wildman–Crippen LogP) is 4.83. The number of carbonyl (C=O) groups is 1. The number of carbonyl (C=O) groups excluding carboxylic acids is 1. The number of benzene rings is 2. The maximum atomic E-state index is 12.5. The zero-order valence-electron chi connectivity index (χ0n) is 15.5. The third kappa shape index (κ3) is 3.98. The summed E-state index contributed by atoms with van der Waals surface area (Å²) in [6.07, 6.45) is 0. The molecule has 30 heavy (non-hydrogen) atoms. The van der Waals surface area contributed by atoms with Crippen molar-refractivity contribution in [2.45, 2.75) is 6.61 Å². The highest BCUT2D eigenvalue weighted by Crippen LogP contribution is 2.36. The fourth-order valence-corrected chi connectivity index (χ4v) is 4.12. The summed E-state index contributed by atoms with van der Waals surface area (Å²) in [5.41, 5.74) is 4.83. The lowest BCUT2D eigenvalue weighted by atomic mass is 10.1. The molecule has 0 aliphatic carbocycles. The summed E-state index contributed by atoms with van der Waals surface area (Å²) in [4.78, 5) is 21.2. The Balaban J connectivity index is 1.22. The van der Waals surface area contributed by atoms with E-state index in [1.165, 1.54) is 22.7 Å². The first-order valence-corrected chi connectivity index (χ1v) is 10.8. The molecular weight excluding hydrogens is 422 g/mol. The molecule has 0 fully saturated rings. The van der Waals surface area contributed by atoms with Crippen LogP contribution in [0.4, 0.5) is 5.13 Å². The van der Waals surface area contributed by atoms with E-state index in [4.69, 9.17) is 14.2 Å². The average molecular weight is 438 g/mol. The van der Waals surface area contributed by atoms with Crippen LogP contribution in [0.2, 0.25) is 0 Å². The molecular formula is C21H15N3O4S2. The summed E-state index contributed by atoms with van der Waals surface area (Å²) in [5, 5.41) is 7.19. The van der Waals surface area contributed by atoms with E-state index in [0.29, 0.717) is 28.8 Å². The molecule has 0 bridgehead atoms. The quantitative estimate of drug-likeness (QED) is 0.465. The lowest BCUT2D eigenvalue weighted by Gasteiger charge is -2.06. The van der Waals surface area contributed by atoms with E-state index in [-0.39, 0.29) is 12.7 Å². The van der Waals surface area contributed by atoms with Gasteiger partial charge in [-0.3, -0.25) is 10.1 Å². The van der Waals surface area contributed by atoms with E-state index < -0.39 is 0 Å². The van der Waals surface area contributed by atoms with Crippen LogP contribution >= 0.6 is 22.7 Å². The molecule has 3 heterocycles. The number of anilines is 1. The first-order chi connectivity index (χ1) is 14.7. The van der Waals surface area contributed by atoms with Gasteiger partial charge in [-0.05, 0) is 42.5 Å². The second-order valence-corrected chi connectivity index (χ2v) is 7.93. The van der Waals surface area contributed by atoms with Crippen molar-refractivity contribution in [1.29, 1.82) is 0 Å². The van der Waals surface area contributed by atoms with E-state index >= 15 is 0 Å². The largest absolute Gasteiger partial charge is 0.487 e. The summed E-state index contributed by atoms with van der Waals surface area (Å²) in [7, 11) is 0. The molecule has 2 aromatic carbocycles. The molecule has 1 N–H and O–H groups in total. The number of nitrogens with zero attached hydrogens (tertiary/aromatic N) is 2.